The van der Waals surface area contributed by atoms with Crippen LogP contribution in [0, 0.1) is 5.92 Å². The fourth-order valence-electron chi connectivity index (χ4n) is 4.14. The summed E-state index contributed by atoms with van der Waals surface area (Å²) in [6, 6.07) is 0.774. The number of likely N-dealkylation sites (tertiary alicyclic amines) is 1. The van der Waals surface area contributed by atoms with Crippen molar-refractivity contribution >= 4 is 5.91 Å². The molecule has 2 aliphatic rings. The quantitative estimate of drug-likeness (QED) is 0.697. The van der Waals surface area contributed by atoms with Gasteiger partial charge in [-0.15, -0.1) is 10.2 Å². The third kappa shape index (κ3) is 4.67. The van der Waals surface area contributed by atoms with Gasteiger partial charge in [-0.1, -0.05) is 0 Å². The summed E-state index contributed by atoms with van der Waals surface area (Å²) in [6.07, 6.45) is 3.66. The van der Waals surface area contributed by atoms with Crippen LogP contribution in [0.3, 0.4) is 0 Å². The van der Waals surface area contributed by atoms with Gasteiger partial charge in [0.05, 0.1) is 6.61 Å². The van der Waals surface area contributed by atoms with Crippen molar-refractivity contribution in [1.82, 2.24) is 25.0 Å². The summed E-state index contributed by atoms with van der Waals surface area (Å²) in [6.45, 7) is 7.51. The average Bonchev–Trinajstić information content (AvgIpc) is 3.04. The fourth-order valence-corrected chi connectivity index (χ4v) is 4.14. The standard InChI is InChI=1S/C19H33N5O3/c1-13(2)23-6-4-14(5-7-23)19(26)20-16-10-15(11-16)18-22-21-17(12-25)24(18)8-9-27-3/h13-16,25H,4-12H2,1-3H3,(H,20,26). The van der Waals surface area contributed by atoms with Gasteiger partial charge < -0.3 is 24.6 Å². The zero-order valence-corrected chi connectivity index (χ0v) is 16.7. The van der Waals surface area contributed by atoms with Gasteiger partial charge in [-0.25, -0.2) is 0 Å². The zero-order chi connectivity index (χ0) is 19.4. The molecule has 0 aromatic carbocycles. The molecule has 0 bridgehead atoms. The molecule has 2 fully saturated rings. The molecule has 8 nitrogen and oxygen atoms in total. The van der Waals surface area contributed by atoms with E-state index in [-0.39, 0.29) is 30.4 Å². The maximum Gasteiger partial charge on any atom is 0.223 e. The predicted molar refractivity (Wildman–Crippen MR) is 101 cm³/mol. The van der Waals surface area contributed by atoms with Gasteiger partial charge in [-0.2, -0.15) is 0 Å². The number of carbonyl (C=O) groups is 1. The summed E-state index contributed by atoms with van der Waals surface area (Å²) in [5.41, 5.74) is 0. The minimum atomic E-state index is -0.126. The number of rotatable bonds is 8. The molecule has 2 N–H and O–H groups in total. The molecule has 1 aliphatic carbocycles. The molecule has 0 radical (unpaired) electrons. The number of nitrogens with one attached hydrogen (secondary N) is 1. The third-order valence-corrected chi connectivity index (χ3v) is 6.00. The number of ether oxygens (including phenoxy) is 1. The van der Waals surface area contributed by atoms with Gasteiger partial charge in [0.2, 0.25) is 5.91 Å². The van der Waals surface area contributed by atoms with Crippen molar-refractivity contribution in [3.05, 3.63) is 11.6 Å². The van der Waals surface area contributed by atoms with E-state index >= 15 is 0 Å². The minimum absolute atomic E-state index is 0.126. The van der Waals surface area contributed by atoms with Gasteiger partial charge in [0.25, 0.3) is 0 Å². The van der Waals surface area contributed by atoms with Crippen LogP contribution in [0.2, 0.25) is 0 Å². The normalized spacial score (nSPS) is 24.2. The van der Waals surface area contributed by atoms with E-state index in [1.807, 2.05) is 4.57 Å². The molecular weight excluding hydrogens is 346 g/mol. The summed E-state index contributed by atoms with van der Waals surface area (Å²) in [4.78, 5) is 15.0. The second-order valence-corrected chi connectivity index (χ2v) is 8.05. The Morgan fingerprint density at radius 2 is 2.00 bits per heavy atom. The van der Waals surface area contributed by atoms with Gasteiger partial charge in [0.15, 0.2) is 5.82 Å². The van der Waals surface area contributed by atoms with Crippen LogP contribution in [0.1, 0.15) is 57.1 Å². The molecule has 1 aromatic rings. The summed E-state index contributed by atoms with van der Waals surface area (Å²) in [7, 11) is 1.66. The number of aliphatic hydroxyl groups is 1. The molecule has 2 heterocycles. The van der Waals surface area contributed by atoms with Crippen LogP contribution >= 0.6 is 0 Å². The molecule has 0 spiro atoms. The van der Waals surface area contributed by atoms with Gasteiger partial charge in [0.1, 0.15) is 12.4 Å². The van der Waals surface area contributed by atoms with Crippen molar-refractivity contribution in [2.75, 3.05) is 26.8 Å². The highest BCUT2D eigenvalue weighted by Gasteiger charge is 2.37. The first-order chi connectivity index (χ1) is 13.0. The molecular formula is C19H33N5O3. The summed E-state index contributed by atoms with van der Waals surface area (Å²) in [5.74, 6) is 2.10. The number of carbonyl (C=O) groups excluding carboxylic acids is 1. The Morgan fingerprint density at radius 1 is 1.30 bits per heavy atom. The number of hydrogen-bond acceptors (Lipinski definition) is 6. The van der Waals surface area contributed by atoms with Crippen LogP contribution in [0.4, 0.5) is 0 Å². The molecule has 0 atom stereocenters. The van der Waals surface area contributed by atoms with Crippen molar-refractivity contribution in [2.24, 2.45) is 5.92 Å². The van der Waals surface area contributed by atoms with Crippen LogP contribution in [0.25, 0.3) is 0 Å². The van der Waals surface area contributed by atoms with Crippen LogP contribution in [0.5, 0.6) is 0 Å². The van der Waals surface area contributed by atoms with E-state index in [2.05, 4.69) is 34.3 Å². The summed E-state index contributed by atoms with van der Waals surface area (Å²) >= 11 is 0. The molecule has 8 heteroatoms. The Morgan fingerprint density at radius 3 is 2.59 bits per heavy atom. The topological polar surface area (TPSA) is 92.5 Å². The van der Waals surface area contributed by atoms with Crippen molar-refractivity contribution in [3.8, 4) is 0 Å². The average molecular weight is 380 g/mol. The van der Waals surface area contributed by atoms with E-state index in [1.165, 1.54) is 0 Å². The predicted octanol–water partition coefficient (Wildman–Crippen LogP) is 0.899. The Labute approximate surface area is 161 Å². The lowest BCUT2D eigenvalue weighted by Crippen LogP contribution is -2.49. The van der Waals surface area contributed by atoms with Gasteiger partial charge in [0, 0.05) is 37.6 Å². The van der Waals surface area contributed by atoms with Crippen molar-refractivity contribution in [1.29, 1.82) is 0 Å². The Kier molecular flexibility index (Phi) is 6.83. The highest BCUT2D eigenvalue weighted by Crippen LogP contribution is 2.36. The van der Waals surface area contributed by atoms with Crippen molar-refractivity contribution < 1.29 is 14.6 Å². The lowest BCUT2D eigenvalue weighted by Gasteiger charge is -2.38. The molecule has 1 aromatic heterocycles. The fraction of sp³-hybridized carbons (Fsp3) is 0.842. The van der Waals surface area contributed by atoms with Crippen LogP contribution in [-0.2, 0) is 22.7 Å². The van der Waals surface area contributed by atoms with E-state index in [9.17, 15) is 9.90 Å². The molecule has 1 amide bonds. The molecule has 3 rings (SSSR count). The largest absolute Gasteiger partial charge is 0.388 e. The number of amides is 1. The van der Waals surface area contributed by atoms with E-state index in [1.54, 1.807) is 7.11 Å². The van der Waals surface area contributed by atoms with E-state index in [4.69, 9.17) is 4.74 Å². The molecule has 27 heavy (non-hydrogen) atoms. The number of piperidine rings is 1. The highest BCUT2D eigenvalue weighted by molar-refractivity contribution is 5.79. The molecule has 1 saturated carbocycles. The lowest BCUT2D eigenvalue weighted by atomic mass is 9.79. The van der Waals surface area contributed by atoms with Gasteiger partial charge >= 0.3 is 0 Å². The number of aromatic nitrogens is 3. The second kappa shape index (κ2) is 9.12. The SMILES string of the molecule is COCCn1c(CO)nnc1C1CC(NC(=O)C2CCN(C(C)C)CC2)C1. The molecule has 1 saturated heterocycles. The summed E-state index contributed by atoms with van der Waals surface area (Å²) in [5, 5.41) is 21.0. The second-order valence-electron chi connectivity index (χ2n) is 8.05. The lowest BCUT2D eigenvalue weighted by molar-refractivity contribution is -0.128. The molecule has 152 valence electrons. The van der Waals surface area contributed by atoms with Crippen molar-refractivity contribution in [2.45, 2.75) is 70.7 Å². The number of hydrogen-bond donors (Lipinski definition) is 2. The monoisotopic (exact) mass is 379 g/mol. The smallest absolute Gasteiger partial charge is 0.223 e. The van der Waals surface area contributed by atoms with Gasteiger partial charge in [-0.05, 0) is 52.6 Å². The van der Waals surface area contributed by atoms with E-state index < -0.39 is 0 Å². The number of nitrogens with zero attached hydrogens (tertiary/aromatic N) is 4. The van der Waals surface area contributed by atoms with Crippen molar-refractivity contribution in [3.63, 3.8) is 0 Å². The molecule has 1 aliphatic heterocycles. The third-order valence-electron chi connectivity index (χ3n) is 6.00. The summed E-state index contributed by atoms with van der Waals surface area (Å²) < 4.78 is 7.10. The Balaban J connectivity index is 1.47. The van der Waals surface area contributed by atoms with Gasteiger partial charge in [-0.3, -0.25) is 4.79 Å². The minimum Gasteiger partial charge on any atom is -0.388 e. The first kappa shape index (κ1) is 20.2. The Bertz CT molecular complexity index is 619. The Hall–Kier alpha value is -1.51. The van der Waals surface area contributed by atoms with E-state index in [0.29, 0.717) is 25.0 Å². The van der Waals surface area contributed by atoms with Crippen LogP contribution in [0.15, 0.2) is 0 Å². The van der Waals surface area contributed by atoms with Crippen LogP contribution < -0.4 is 5.32 Å². The molecule has 0 unspecified atom stereocenters. The number of methoxy groups -OCH3 is 1. The van der Waals surface area contributed by atoms with Crippen LogP contribution in [-0.4, -0.2) is 69.6 Å². The zero-order valence-electron chi connectivity index (χ0n) is 16.7. The maximum absolute atomic E-state index is 12.6. The highest BCUT2D eigenvalue weighted by atomic mass is 16.5. The maximum atomic E-state index is 12.6. The first-order valence-corrected chi connectivity index (χ1v) is 10.1. The number of aliphatic hydroxyl groups excluding tert-OH is 1. The first-order valence-electron chi connectivity index (χ1n) is 10.1. The van der Waals surface area contributed by atoms with E-state index in [0.717, 1.165) is 44.6 Å².